The van der Waals surface area contributed by atoms with E-state index in [1.54, 1.807) is 28.1 Å². The minimum Gasteiger partial charge on any atom is -0.493 e. The number of aliphatic hydroxyl groups is 1. The molecule has 0 saturated carbocycles. The minimum absolute atomic E-state index is 0.00829. The molecule has 0 aliphatic heterocycles. The number of carboxylic acids is 2. The summed E-state index contributed by atoms with van der Waals surface area (Å²) < 4.78 is 16.5. The molecule has 0 radical (unpaired) electrons. The van der Waals surface area contributed by atoms with E-state index in [4.69, 9.17) is 35.9 Å². The van der Waals surface area contributed by atoms with Crippen LogP contribution in [0.2, 0.25) is 0 Å². The lowest BCUT2D eigenvalue weighted by molar-refractivity contribution is -0.134. The molecule has 0 aromatic heterocycles. The zero-order chi connectivity index (χ0) is 36.3. The van der Waals surface area contributed by atoms with Crippen LogP contribution >= 0.6 is 0 Å². The van der Waals surface area contributed by atoms with Crippen molar-refractivity contribution in [1.82, 2.24) is 5.32 Å². The Balaban J connectivity index is 0.00000233. The molecule has 0 spiro atoms. The smallest absolute Gasteiger partial charge is 0.328 e. The number of carboxylic acid groups (broad SMARTS) is 2. The van der Waals surface area contributed by atoms with E-state index in [0.717, 1.165) is 18.4 Å². The second-order valence-corrected chi connectivity index (χ2v) is 12.9. The Morgan fingerprint density at radius 3 is 2.00 bits per heavy atom. The number of hydrogen-bond donors (Lipinski definition) is 6. The molecule has 0 aliphatic carbocycles. The van der Waals surface area contributed by atoms with Gasteiger partial charge in [-0.2, -0.15) is 0 Å². The number of amides is 2. The van der Waals surface area contributed by atoms with E-state index in [-0.39, 0.29) is 30.7 Å². The van der Waals surface area contributed by atoms with Crippen LogP contribution in [-0.2, 0) is 30.3 Å². The van der Waals surface area contributed by atoms with Crippen LogP contribution in [0.1, 0.15) is 66.4 Å². The maximum absolute atomic E-state index is 12.9. The highest BCUT2D eigenvalue weighted by molar-refractivity contribution is 5.89. The molecule has 8 N–H and O–H groups in total. The first-order valence-electron chi connectivity index (χ1n) is 15.8. The molecule has 47 heavy (non-hydrogen) atoms. The summed E-state index contributed by atoms with van der Waals surface area (Å²) in [5, 5.41) is 29.5. The molecule has 0 fully saturated rings. The number of ether oxygens (including phenoxy) is 3. The third kappa shape index (κ3) is 17.7. The molecule has 13 nitrogen and oxygen atoms in total. The molecular formula is C34H57N3O10. The van der Waals surface area contributed by atoms with Gasteiger partial charge in [0.2, 0.25) is 11.8 Å². The molecule has 1 aromatic rings. The third-order valence-electron chi connectivity index (χ3n) is 7.87. The van der Waals surface area contributed by atoms with E-state index in [9.17, 15) is 24.3 Å². The van der Waals surface area contributed by atoms with Crippen LogP contribution in [0.25, 0.3) is 0 Å². The molecule has 1 rings (SSSR count). The van der Waals surface area contributed by atoms with Crippen LogP contribution < -0.4 is 26.3 Å². The Morgan fingerprint density at radius 2 is 1.53 bits per heavy atom. The minimum atomic E-state index is -1.26. The molecule has 4 unspecified atom stereocenters. The summed E-state index contributed by atoms with van der Waals surface area (Å²) in [6.07, 6.45) is 2.68. The summed E-state index contributed by atoms with van der Waals surface area (Å²) in [4.78, 5) is 43.7. The van der Waals surface area contributed by atoms with Crippen molar-refractivity contribution in [2.24, 2.45) is 40.6 Å². The number of nitrogens with two attached hydrogens (primary N) is 2. The normalized spacial score (nSPS) is 14.1. The highest BCUT2D eigenvalue weighted by Crippen LogP contribution is 2.32. The SMILES string of the molecule is COCCCOc1cc(CC(CC(N)C(O)CC(C(=O)NCC(C)(C)C(N)=O)C(C)C)C(C)C)ccc1OC.O=C(O)C=CC(=O)O. The number of rotatable bonds is 21. The van der Waals surface area contributed by atoms with Crippen LogP contribution in [-0.4, -0.2) is 85.2 Å². The second kappa shape index (κ2) is 22.0. The summed E-state index contributed by atoms with van der Waals surface area (Å²) in [6.45, 7) is 12.9. The topological polar surface area (TPSA) is 221 Å². The first kappa shape index (κ1) is 43.3. The molecule has 2 amide bonds. The molecule has 0 bridgehead atoms. The molecule has 0 saturated heterocycles. The zero-order valence-corrected chi connectivity index (χ0v) is 29.2. The Labute approximate surface area is 279 Å². The first-order valence-corrected chi connectivity index (χ1v) is 15.8. The average molecular weight is 668 g/mol. The van der Waals surface area contributed by atoms with Crippen LogP contribution in [0.5, 0.6) is 11.5 Å². The fraction of sp³-hybridized carbons (Fsp3) is 0.647. The number of carbonyl (C=O) groups excluding carboxylic acids is 2. The molecular weight excluding hydrogens is 610 g/mol. The number of aliphatic carboxylic acids is 2. The molecule has 4 atom stereocenters. The maximum Gasteiger partial charge on any atom is 0.328 e. The highest BCUT2D eigenvalue weighted by Gasteiger charge is 2.32. The van der Waals surface area contributed by atoms with Crippen molar-refractivity contribution in [1.29, 1.82) is 0 Å². The number of aliphatic hydroxyl groups excluding tert-OH is 1. The van der Waals surface area contributed by atoms with Crippen molar-refractivity contribution < 1.29 is 48.7 Å². The number of hydrogen-bond acceptors (Lipinski definition) is 9. The third-order valence-corrected chi connectivity index (χ3v) is 7.87. The van der Waals surface area contributed by atoms with Gasteiger partial charge in [-0.25, -0.2) is 9.59 Å². The van der Waals surface area contributed by atoms with Crippen molar-refractivity contribution >= 4 is 23.8 Å². The Bertz CT molecular complexity index is 1140. The standard InChI is InChI=1S/C30H53N3O6.C4H4O4/c1-19(2)22(14-21-10-11-26(38-8)27(15-21)39-13-9-12-37-7)16-24(31)25(34)17-23(20(3)4)28(35)33-18-30(5,6)29(32)36;5-3(6)1-2-4(7)8/h10-11,15,19-20,22-25,34H,9,12-14,16-18,31H2,1-8H3,(H2,32,36)(H,33,35);1-2H,(H,5,6)(H,7,8). The number of methoxy groups -OCH3 is 2. The van der Waals surface area contributed by atoms with Gasteiger partial charge in [0.05, 0.1) is 25.2 Å². The van der Waals surface area contributed by atoms with Gasteiger partial charge in [0.25, 0.3) is 0 Å². The van der Waals surface area contributed by atoms with Crippen molar-refractivity contribution in [2.45, 2.75) is 79.4 Å². The second-order valence-electron chi connectivity index (χ2n) is 12.9. The molecule has 0 aliphatic rings. The van der Waals surface area contributed by atoms with Crippen LogP contribution in [0, 0.1) is 29.1 Å². The Morgan fingerprint density at radius 1 is 0.936 bits per heavy atom. The van der Waals surface area contributed by atoms with Gasteiger partial charge in [0.1, 0.15) is 0 Å². The predicted molar refractivity (Wildman–Crippen MR) is 179 cm³/mol. The van der Waals surface area contributed by atoms with Gasteiger partial charge in [-0.15, -0.1) is 0 Å². The Hall–Kier alpha value is -3.68. The maximum atomic E-state index is 12.9. The quantitative estimate of drug-likeness (QED) is 0.0826. The van der Waals surface area contributed by atoms with E-state index in [2.05, 4.69) is 19.2 Å². The number of benzene rings is 1. The Kier molecular flexibility index (Phi) is 20.3. The number of primary amides is 1. The van der Waals surface area contributed by atoms with Gasteiger partial charge in [-0.1, -0.05) is 33.8 Å². The predicted octanol–water partition coefficient (Wildman–Crippen LogP) is 3.01. The van der Waals surface area contributed by atoms with Gasteiger partial charge >= 0.3 is 11.9 Å². The molecule has 13 heteroatoms. The van der Waals surface area contributed by atoms with Crippen molar-refractivity contribution in [2.75, 3.05) is 34.0 Å². The van der Waals surface area contributed by atoms with Gasteiger partial charge in [-0.3, -0.25) is 9.59 Å². The van der Waals surface area contributed by atoms with Crippen molar-refractivity contribution in [3.8, 4) is 11.5 Å². The van der Waals surface area contributed by atoms with Gasteiger partial charge in [-0.05, 0) is 68.6 Å². The molecule has 1 aromatic carbocycles. The zero-order valence-electron chi connectivity index (χ0n) is 29.2. The van der Waals surface area contributed by atoms with Crippen LogP contribution in [0.15, 0.2) is 30.4 Å². The van der Waals surface area contributed by atoms with Crippen LogP contribution in [0.3, 0.4) is 0 Å². The van der Waals surface area contributed by atoms with Gasteiger partial charge in [0.15, 0.2) is 11.5 Å². The molecule has 0 heterocycles. The summed E-state index contributed by atoms with van der Waals surface area (Å²) in [6, 6.07) is 5.47. The van der Waals surface area contributed by atoms with E-state index < -0.39 is 41.3 Å². The van der Waals surface area contributed by atoms with Crippen molar-refractivity contribution in [3.05, 3.63) is 35.9 Å². The summed E-state index contributed by atoms with van der Waals surface area (Å²) in [7, 11) is 3.29. The lowest BCUT2D eigenvalue weighted by atomic mass is 9.80. The lowest BCUT2D eigenvalue weighted by Gasteiger charge is -2.30. The number of nitrogens with one attached hydrogen (secondary N) is 1. The fourth-order valence-corrected chi connectivity index (χ4v) is 4.53. The van der Waals surface area contributed by atoms with E-state index in [1.807, 2.05) is 32.0 Å². The largest absolute Gasteiger partial charge is 0.493 e. The summed E-state index contributed by atoms with van der Waals surface area (Å²) in [5.74, 6) is -1.72. The highest BCUT2D eigenvalue weighted by atomic mass is 16.5. The average Bonchev–Trinajstić information content (AvgIpc) is 2.99. The number of carbonyl (C=O) groups is 4. The summed E-state index contributed by atoms with van der Waals surface area (Å²) >= 11 is 0. The monoisotopic (exact) mass is 667 g/mol. The van der Waals surface area contributed by atoms with Crippen LogP contribution in [0.4, 0.5) is 0 Å². The van der Waals surface area contributed by atoms with E-state index >= 15 is 0 Å². The van der Waals surface area contributed by atoms with Gasteiger partial charge < -0.3 is 46.3 Å². The first-order chi connectivity index (χ1) is 21.9. The van der Waals surface area contributed by atoms with E-state index in [0.29, 0.717) is 49.2 Å². The lowest BCUT2D eigenvalue weighted by Crippen LogP contribution is -2.46. The van der Waals surface area contributed by atoms with E-state index in [1.165, 1.54) is 0 Å². The van der Waals surface area contributed by atoms with Crippen molar-refractivity contribution in [3.63, 3.8) is 0 Å². The van der Waals surface area contributed by atoms with Gasteiger partial charge in [0, 0.05) is 50.8 Å². The molecule has 268 valence electrons. The fourth-order valence-electron chi connectivity index (χ4n) is 4.53. The summed E-state index contributed by atoms with van der Waals surface area (Å²) in [5.41, 5.74) is 12.2.